The van der Waals surface area contributed by atoms with E-state index in [1.807, 2.05) is 6.07 Å². The van der Waals surface area contributed by atoms with E-state index in [0.29, 0.717) is 0 Å². The van der Waals surface area contributed by atoms with E-state index in [1.54, 1.807) is 0 Å². The van der Waals surface area contributed by atoms with Gasteiger partial charge < -0.3 is 4.74 Å². The van der Waals surface area contributed by atoms with Crippen molar-refractivity contribution in [1.82, 2.24) is 0 Å². The molecule has 0 radical (unpaired) electrons. The van der Waals surface area contributed by atoms with Crippen LogP contribution in [0.4, 0.5) is 0 Å². The van der Waals surface area contributed by atoms with Crippen LogP contribution in [0.2, 0.25) is 0 Å². The first kappa shape index (κ1) is 13.4. The molecule has 0 aliphatic heterocycles. The Hall–Kier alpha value is -1.02. The summed E-state index contributed by atoms with van der Waals surface area (Å²) in [7, 11) is 0. The lowest BCUT2D eigenvalue weighted by molar-refractivity contribution is 0.298. The van der Waals surface area contributed by atoms with Crippen LogP contribution in [0.1, 0.15) is 26.7 Å². The van der Waals surface area contributed by atoms with Crippen molar-refractivity contribution in [3.63, 3.8) is 0 Å². The molecule has 0 aromatic heterocycles. The predicted octanol–water partition coefficient (Wildman–Crippen LogP) is 5.42. The normalized spacial score (nSPS) is 11.1. The van der Waals surface area contributed by atoms with Gasteiger partial charge in [-0.15, -0.1) is 0 Å². The van der Waals surface area contributed by atoms with Crippen molar-refractivity contribution in [2.45, 2.75) is 26.7 Å². The van der Waals surface area contributed by atoms with Crippen LogP contribution in [0.3, 0.4) is 0 Å². The SMILES string of the molecule is CC(C)CCCOc1ccc2cc(Br)ccc2c1. The Morgan fingerprint density at radius 3 is 2.56 bits per heavy atom. The molecule has 0 heterocycles. The van der Waals surface area contributed by atoms with E-state index in [1.165, 1.54) is 17.2 Å². The second-order valence-corrected chi connectivity index (χ2v) is 5.95. The average molecular weight is 307 g/mol. The molecule has 0 N–H and O–H groups in total. The zero-order valence-corrected chi connectivity index (χ0v) is 12.5. The first-order chi connectivity index (χ1) is 8.65. The number of hydrogen-bond donors (Lipinski definition) is 0. The molecule has 0 bridgehead atoms. The Morgan fingerprint density at radius 2 is 1.78 bits per heavy atom. The smallest absolute Gasteiger partial charge is 0.119 e. The van der Waals surface area contributed by atoms with Crippen LogP contribution in [0.5, 0.6) is 5.75 Å². The van der Waals surface area contributed by atoms with Crippen molar-refractivity contribution in [3.05, 3.63) is 40.9 Å². The Kier molecular flexibility index (Phi) is 4.65. The van der Waals surface area contributed by atoms with Crippen LogP contribution in [0.15, 0.2) is 40.9 Å². The van der Waals surface area contributed by atoms with Crippen LogP contribution < -0.4 is 4.74 Å². The van der Waals surface area contributed by atoms with Gasteiger partial charge in [0, 0.05) is 4.47 Å². The quantitative estimate of drug-likeness (QED) is 0.670. The molecule has 0 atom stereocenters. The van der Waals surface area contributed by atoms with Gasteiger partial charge in [0.25, 0.3) is 0 Å². The highest BCUT2D eigenvalue weighted by molar-refractivity contribution is 9.10. The highest BCUT2D eigenvalue weighted by Crippen LogP contribution is 2.24. The summed E-state index contributed by atoms with van der Waals surface area (Å²) >= 11 is 3.48. The average Bonchev–Trinajstić information content (AvgIpc) is 2.34. The molecular formula is C16H19BrO. The minimum Gasteiger partial charge on any atom is -0.494 e. The van der Waals surface area contributed by atoms with Crippen molar-refractivity contribution >= 4 is 26.7 Å². The fraction of sp³-hybridized carbons (Fsp3) is 0.375. The molecule has 2 aromatic carbocycles. The lowest BCUT2D eigenvalue weighted by Crippen LogP contribution is -1.99. The maximum atomic E-state index is 5.78. The number of hydrogen-bond acceptors (Lipinski definition) is 1. The highest BCUT2D eigenvalue weighted by atomic mass is 79.9. The van der Waals surface area contributed by atoms with Crippen molar-refractivity contribution in [2.75, 3.05) is 6.61 Å². The maximum Gasteiger partial charge on any atom is 0.119 e. The monoisotopic (exact) mass is 306 g/mol. The van der Waals surface area contributed by atoms with E-state index in [2.05, 4.69) is 60.1 Å². The largest absolute Gasteiger partial charge is 0.494 e. The Labute approximate surface area is 117 Å². The number of ether oxygens (including phenoxy) is 1. The predicted molar refractivity (Wildman–Crippen MR) is 81.2 cm³/mol. The van der Waals surface area contributed by atoms with Gasteiger partial charge in [0.1, 0.15) is 5.75 Å². The molecule has 0 unspecified atom stereocenters. The zero-order valence-electron chi connectivity index (χ0n) is 10.9. The Morgan fingerprint density at radius 1 is 1.06 bits per heavy atom. The molecule has 96 valence electrons. The first-order valence-electron chi connectivity index (χ1n) is 6.47. The van der Waals surface area contributed by atoms with Crippen LogP contribution in [0.25, 0.3) is 10.8 Å². The van der Waals surface area contributed by atoms with Gasteiger partial charge in [-0.2, -0.15) is 0 Å². The maximum absolute atomic E-state index is 5.78. The summed E-state index contributed by atoms with van der Waals surface area (Å²) in [6, 6.07) is 12.6. The third-order valence-electron chi connectivity index (χ3n) is 2.97. The lowest BCUT2D eigenvalue weighted by atomic mass is 10.1. The van der Waals surface area contributed by atoms with Crippen molar-refractivity contribution in [2.24, 2.45) is 5.92 Å². The minimum absolute atomic E-state index is 0.752. The van der Waals surface area contributed by atoms with Gasteiger partial charge in [0.2, 0.25) is 0 Å². The number of rotatable bonds is 5. The molecule has 2 aromatic rings. The van der Waals surface area contributed by atoms with Gasteiger partial charge in [0.15, 0.2) is 0 Å². The van der Waals surface area contributed by atoms with E-state index in [9.17, 15) is 0 Å². The molecule has 0 fully saturated rings. The number of fused-ring (bicyclic) bond motifs is 1. The van der Waals surface area contributed by atoms with Gasteiger partial charge in [0.05, 0.1) is 6.61 Å². The molecule has 0 amide bonds. The molecule has 2 rings (SSSR count). The van der Waals surface area contributed by atoms with Crippen molar-refractivity contribution < 1.29 is 4.74 Å². The van der Waals surface area contributed by atoms with Crippen molar-refractivity contribution in [1.29, 1.82) is 0 Å². The standard InChI is InChI=1S/C16H19BrO/c1-12(2)4-3-9-18-16-8-6-13-10-15(17)7-5-14(13)11-16/h5-8,10-12H,3-4,9H2,1-2H3. The second-order valence-electron chi connectivity index (χ2n) is 5.04. The highest BCUT2D eigenvalue weighted by Gasteiger charge is 1.99. The minimum atomic E-state index is 0.752. The number of benzene rings is 2. The molecule has 0 saturated heterocycles. The van der Waals surface area contributed by atoms with E-state index in [0.717, 1.165) is 29.2 Å². The van der Waals surface area contributed by atoms with E-state index in [-0.39, 0.29) is 0 Å². The molecule has 0 spiro atoms. The molecular weight excluding hydrogens is 288 g/mol. The molecule has 0 aliphatic rings. The van der Waals surface area contributed by atoms with Crippen LogP contribution in [-0.4, -0.2) is 6.61 Å². The topological polar surface area (TPSA) is 9.23 Å². The molecule has 18 heavy (non-hydrogen) atoms. The summed E-state index contributed by atoms with van der Waals surface area (Å²) in [5.74, 6) is 1.72. The summed E-state index contributed by atoms with van der Waals surface area (Å²) in [6.07, 6.45) is 2.34. The molecule has 1 nitrogen and oxygen atoms in total. The van der Waals surface area contributed by atoms with Gasteiger partial charge in [-0.1, -0.05) is 41.9 Å². The molecule has 0 aliphatic carbocycles. The fourth-order valence-electron chi connectivity index (χ4n) is 1.97. The van der Waals surface area contributed by atoms with Crippen LogP contribution in [-0.2, 0) is 0 Å². The van der Waals surface area contributed by atoms with E-state index in [4.69, 9.17) is 4.74 Å². The Bertz CT molecular complexity index is 519. The zero-order chi connectivity index (χ0) is 13.0. The van der Waals surface area contributed by atoms with Gasteiger partial charge in [-0.3, -0.25) is 0 Å². The van der Waals surface area contributed by atoms with Crippen molar-refractivity contribution in [3.8, 4) is 5.75 Å². The lowest BCUT2D eigenvalue weighted by Gasteiger charge is -2.08. The van der Waals surface area contributed by atoms with E-state index >= 15 is 0 Å². The van der Waals surface area contributed by atoms with Gasteiger partial charge in [-0.25, -0.2) is 0 Å². The van der Waals surface area contributed by atoms with E-state index < -0.39 is 0 Å². The summed E-state index contributed by atoms with van der Waals surface area (Å²) in [4.78, 5) is 0. The summed E-state index contributed by atoms with van der Waals surface area (Å²) in [6.45, 7) is 5.29. The van der Waals surface area contributed by atoms with Crippen LogP contribution >= 0.6 is 15.9 Å². The number of halogens is 1. The summed E-state index contributed by atoms with van der Waals surface area (Å²) in [5.41, 5.74) is 0. The Balaban J connectivity index is 1.99. The molecule has 2 heteroatoms. The van der Waals surface area contributed by atoms with Crippen LogP contribution in [0, 0.1) is 5.92 Å². The third-order valence-corrected chi connectivity index (χ3v) is 3.46. The summed E-state index contributed by atoms with van der Waals surface area (Å²) in [5, 5.41) is 2.46. The second kappa shape index (κ2) is 6.24. The first-order valence-corrected chi connectivity index (χ1v) is 7.26. The molecule has 0 saturated carbocycles. The van der Waals surface area contributed by atoms with Gasteiger partial charge in [-0.05, 0) is 53.8 Å². The van der Waals surface area contributed by atoms with Gasteiger partial charge >= 0.3 is 0 Å². The fourth-order valence-corrected chi connectivity index (χ4v) is 2.34. The summed E-state index contributed by atoms with van der Waals surface area (Å²) < 4.78 is 6.89. The third kappa shape index (κ3) is 3.74.